The molecular formula is C9H19NO. The first-order valence-electron chi connectivity index (χ1n) is 4.38. The average Bonchev–Trinajstić information content (AvgIpc) is 2.05. The molecule has 0 bridgehead atoms. The Hall–Kier alpha value is -0.530. The zero-order valence-corrected chi connectivity index (χ0v) is 7.98. The van der Waals surface area contributed by atoms with Crippen LogP contribution in [0.4, 0.5) is 0 Å². The molecule has 1 atom stereocenters. The smallest absolute Gasteiger partial charge is 0.222 e. The van der Waals surface area contributed by atoms with E-state index >= 15 is 0 Å². The molecular weight excluding hydrogens is 138 g/mol. The maximum absolute atomic E-state index is 11.2. The van der Waals surface area contributed by atoms with E-state index in [1.54, 1.807) is 7.05 Å². The summed E-state index contributed by atoms with van der Waals surface area (Å²) in [5.41, 5.74) is 0. The first kappa shape index (κ1) is 10.5. The molecule has 2 heteroatoms. The standard InChI is InChI=1S/C9H19NO/c1-5-8(6-2)7(3)9(11)10-4/h7-8H,5-6H2,1-4H3,(H,10,11)/t7-/m0/s1. The Morgan fingerprint density at radius 3 is 2.09 bits per heavy atom. The van der Waals surface area contributed by atoms with Crippen molar-refractivity contribution in [2.45, 2.75) is 33.6 Å². The Bertz CT molecular complexity index is 119. The SMILES string of the molecule is CCC(CC)[C@H](C)C(=O)NC. The molecule has 0 heterocycles. The van der Waals surface area contributed by atoms with Crippen molar-refractivity contribution in [2.24, 2.45) is 11.8 Å². The van der Waals surface area contributed by atoms with E-state index in [1.807, 2.05) is 6.92 Å². The molecule has 0 spiro atoms. The van der Waals surface area contributed by atoms with E-state index < -0.39 is 0 Å². The van der Waals surface area contributed by atoms with Gasteiger partial charge in [-0.3, -0.25) is 4.79 Å². The maximum atomic E-state index is 11.2. The molecule has 1 amide bonds. The Morgan fingerprint density at radius 2 is 1.82 bits per heavy atom. The summed E-state index contributed by atoms with van der Waals surface area (Å²) >= 11 is 0. The van der Waals surface area contributed by atoms with Crippen LogP contribution in [0.1, 0.15) is 33.6 Å². The number of hydrogen-bond acceptors (Lipinski definition) is 1. The van der Waals surface area contributed by atoms with E-state index in [1.165, 1.54) is 0 Å². The van der Waals surface area contributed by atoms with Crippen LogP contribution in [0.3, 0.4) is 0 Å². The van der Waals surface area contributed by atoms with Crippen LogP contribution in [0.2, 0.25) is 0 Å². The molecule has 0 unspecified atom stereocenters. The Morgan fingerprint density at radius 1 is 1.36 bits per heavy atom. The van der Waals surface area contributed by atoms with Crippen LogP contribution >= 0.6 is 0 Å². The normalized spacial score (nSPS) is 13.2. The van der Waals surface area contributed by atoms with Gasteiger partial charge in [0.15, 0.2) is 0 Å². The molecule has 0 aromatic rings. The maximum Gasteiger partial charge on any atom is 0.222 e. The van der Waals surface area contributed by atoms with E-state index in [0.29, 0.717) is 5.92 Å². The molecule has 66 valence electrons. The first-order valence-corrected chi connectivity index (χ1v) is 4.38. The van der Waals surface area contributed by atoms with E-state index in [4.69, 9.17) is 0 Å². The molecule has 2 nitrogen and oxygen atoms in total. The highest BCUT2D eigenvalue weighted by Crippen LogP contribution is 2.18. The third kappa shape index (κ3) is 2.91. The minimum Gasteiger partial charge on any atom is -0.359 e. The van der Waals surface area contributed by atoms with Gasteiger partial charge >= 0.3 is 0 Å². The number of hydrogen-bond donors (Lipinski definition) is 1. The van der Waals surface area contributed by atoms with Crippen LogP contribution in [0.5, 0.6) is 0 Å². The van der Waals surface area contributed by atoms with Crippen molar-refractivity contribution in [3.8, 4) is 0 Å². The second kappa shape index (κ2) is 5.16. The Balaban J connectivity index is 3.97. The van der Waals surface area contributed by atoms with Gasteiger partial charge in [-0.1, -0.05) is 33.6 Å². The first-order chi connectivity index (χ1) is 5.17. The monoisotopic (exact) mass is 157 g/mol. The predicted octanol–water partition coefficient (Wildman–Crippen LogP) is 1.80. The van der Waals surface area contributed by atoms with Gasteiger partial charge < -0.3 is 5.32 Å². The number of amides is 1. The quantitative estimate of drug-likeness (QED) is 0.662. The predicted molar refractivity (Wildman–Crippen MR) is 47.3 cm³/mol. The third-order valence-electron chi connectivity index (χ3n) is 2.42. The molecule has 0 fully saturated rings. The molecule has 0 aliphatic carbocycles. The third-order valence-corrected chi connectivity index (χ3v) is 2.42. The van der Waals surface area contributed by atoms with Crippen molar-refractivity contribution in [1.29, 1.82) is 0 Å². The zero-order valence-electron chi connectivity index (χ0n) is 7.98. The summed E-state index contributed by atoms with van der Waals surface area (Å²) < 4.78 is 0. The van der Waals surface area contributed by atoms with Gasteiger partial charge in [-0.05, 0) is 5.92 Å². The number of carbonyl (C=O) groups is 1. The summed E-state index contributed by atoms with van der Waals surface area (Å²) in [5.74, 6) is 0.864. The van der Waals surface area contributed by atoms with Crippen molar-refractivity contribution in [2.75, 3.05) is 7.05 Å². The fraction of sp³-hybridized carbons (Fsp3) is 0.889. The van der Waals surface area contributed by atoms with E-state index in [9.17, 15) is 4.79 Å². The number of nitrogens with one attached hydrogen (secondary N) is 1. The molecule has 0 rings (SSSR count). The summed E-state index contributed by atoms with van der Waals surface area (Å²) in [6.07, 6.45) is 2.18. The molecule has 0 aliphatic rings. The summed E-state index contributed by atoms with van der Waals surface area (Å²) in [6.45, 7) is 6.26. The van der Waals surface area contributed by atoms with Gasteiger partial charge in [-0.25, -0.2) is 0 Å². The van der Waals surface area contributed by atoms with Gasteiger partial charge in [0.2, 0.25) is 5.91 Å². The molecule has 0 radical (unpaired) electrons. The molecule has 0 aromatic carbocycles. The highest BCUT2D eigenvalue weighted by atomic mass is 16.1. The van der Waals surface area contributed by atoms with Crippen molar-refractivity contribution in [3.63, 3.8) is 0 Å². The van der Waals surface area contributed by atoms with Gasteiger partial charge in [-0.15, -0.1) is 0 Å². The van der Waals surface area contributed by atoms with Crippen molar-refractivity contribution in [3.05, 3.63) is 0 Å². The van der Waals surface area contributed by atoms with Gasteiger partial charge in [0.05, 0.1) is 0 Å². The van der Waals surface area contributed by atoms with Crippen molar-refractivity contribution in [1.82, 2.24) is 5.32 Å². The Kier molecular flexibility index (Phi) is 4.92. The lowest BCUT2D eigenvalue weighted by Crippen LogP contribution is -2.30. The minimum absolute atomic E-state index is 0.162. The molecule has 0 aliphatic heterocycles. The van der Waals surface area contributed by atoms with Crippen molar-refractivity contribution < 1.29 is 4.79 Å². The lowest BCUT2D eigenvalue weighted by atomic mass is 9.89. The van der Waals surface area contributed by atoms with Gasteiger partial charge in [-0.2, -0.15) is 0 Å². The number of rotatable bonds is 4. The Labute approximate surface area is 69.4 Å². The number of carbonyl (C=O) groups excluding carboxylic acids is 1. The van der Waals surface area contributed by atoms with Crippen molar-refractivity contribution >= 4 is 5.91 Å². The summed E-state index contributed by atoms with van der Waals surface area (Å²) in [6, 6.07) is 0. The van der Waals surface area contributed by atoms with Gasteiger partial charge in [0, 0.05) is 13.0 Å². The van der Waals surface area contributed by atoms with E-state index in [2.05, 4.69) is 19.2 Å². The molecule has 1 N–H and O–H groups in total. The summed E-state index contributed by atoms with van der Waals surface area (Å²) in [5, 5.41) is 2.67. The van der Waals surface area contributed by atoms with E-state index in [-0.39, 0.29) is 11.8 Å². The summed E-state index contributed by atoms with van der Waals surface area (Å²) in [7, 11) is 1.70. The fourth-order valence-corrected chi connectivity index (χ4v) is 1.44. The molecule has 0 saturated heterocycles. The van der Waals surface area contributed by atoms with Crippen LogP contribution in [0.15, 0.2) is 0 Å². The highest BCUT2D eigenvalue weighted by Gasteiger charge is 2.19. The topological polar surface area (TPSA) is 29.1 Å². The second-order valence-electron chi connectivity index (χ2n) is 2.98. The minimum atomic E-state index is 0.162. The second-order valence-corrected chi connectivity index (χ2v) is 2.98. The van der Waals surface area contributed by atoms with Crippen LogP contribution < -0.4 is 5.32 Å². The fourth-order valence-electron chi connectivity index (χ4n) is 1.44. The van der Waals surface area contributed by atoms with Crippen LogP contribution in [0.25, 0.3) is 0 Å². The molecule has 0 aromatic heterocycles. The molecule has 0 saturated carbocycles. The van der Waals surface area contributed by atoms with E-state index in [0.717, 1.165) is 12.8 Å². The molecule has 11 heavy (non-hydrogen) atoms. The highest BCUT2D eigenvalue weighted by molar-refractivity contribution is 5.78. The average molecular weight is 157 g/mol. The van der Waals surface area contributed by atoms with Gasteiger partial charge in [0.25, 0.3) is 0 Å². The van der Waals surface area contributed by atoms with Gasteiger partial charge in [0.1, 0.15) is 0 Å². The largest absolute Gasteiger partial charge is 0.359 e. The van der Waals surface area contributed by atoms with Crippen LogP contribution in [-0.2, 0) is 4.79 Å². The lowest BCUT2D eigenvalue weighted by Gasteiger charge is -2.19. The lowest BCUT2D eigenvalue weighted by molar-refractivity contribution is -0.125. The van der Waals surface area contributed by atoms with Crippen LogP contribution in [-0.4, -0.2) is 13.0 Å². The van der Waals surface area contributed by atoms with Crippen LogP contribution in [0, 0.1) is 11.8 Å². The zero-order chi connectivity index (χ0) is 8.85. The summed E-state index contributed by atoms with van der Waals surface area (Å²) in [4.78, 5) is 11.2.